The van der Waals surface area contributed by atoms with Crippen LogP contribution in [-0.2, 0) is 22.3 Å². The minimum Gasteiger partial charge on any atom is -0.326 e. The SMILES string of the molecule is CCC(C)N(C)CCNS(=O)(=O)Cc1ccc(CN)cc1. The van der Waals surface area contributed by atoms with E-state index in [9.17, 15) is 8.42 Å². The van der Waals surface area contributed by atoms with Gasteiger partial charge in [0, 0.05) is 25.7 Å². The Hall–Kier alpha value is -0.950. The van der Waals surface area contributed by atoms with Crippen molar-refractivity contribution in [3.05, 3.63) is 35.4 Å². The second-order valence-corrected chi connectivity index (χ2v) is 7.22. The highest BCUT2D eigenvalue weighted by Gasteiger charge is 2.12. The zero-order chi connectivity index (χ0) is 15.9. The van der Waals surface area contributed by atoms with E-state index in [-0.39, 0.29) is 5.75 Å². The molecule has 1 unspecified atom stereocenters. The fourth-order valence-electron chi connectivity index (χ4n) is 1.95. The van der Waals surface area contributed by atoms with Crippen LogP contribution in [0.4, 0.5) is 0 Å². The average Bonchev–Trinajstić information content (AvgIpc) is 2.46. The molecule has 0 aliphatic rings. The van der Waals surface area contributed by atoms with E-state index in [1.165, 1.54) is 0 Å². The van der Waals surface area contributed by atoms with E-state index in [0.29, 0.717) is 25.7 Å². The van der Waals surface area contributed by atoms with Crippen LogP contribution in [0.15, 0.2) is 24.3 Å². The Morgan fingerprint density at radius 1 is 1.24 bits per heavy atom. The number of hydrogen-bond acceptors (Lipinski definition) is 4. The summed E-state index contributed by atoms with van der Waals surface area (Å²) in [6.07, 6.45) is 1.05. The van der Waals surface area contributed by atoms with Crippen LogP contribution >= 0.6 is 0 Å². The van der Waals surface area contributed by atoms with Crippen molar-refractivity contribution in [3.63, 3.8) is 0 Å². The second kappa shape index (κ2) is 8.48. The molecule has 0 aromatic heterocycles. The summed E-state index contributed by atoms with van der Waals surface area (Å²) in [5.41, 5.74) is 7.29. The quantitative estimate of drug-likeness (QED) is 0.720. The molecule has 0 heterocycles. The standard InChI is InChI=1S/C15H27N3O2S/c1-4-13(2)18(3)10-9-17-21(19,20)12-15-7-5-14(11-16)6-8-15/h5-8,13,17H,4,9-12,16H2,1-3H3. The molecule has 0 spiro atoms. The lowest BCUT2D eigenvalue weighted by Gasteiger charge is -2.23. The number of nitrogens with zero attached hydrogens (tertiary/aromatic N) is 1. The normalized spacial score (nSPS) is 13.6. The first-order valence-electron chi connectivity index (χ1n) is 7.33. The lowest BCUT2D eigenvalue weighted by Crippen LogP contribution is -2.37. The Labute approximate surface area is 128 Å². The first-order chi connectivity index (χ1) is 9.88. The topological polar surface area (TPSA) is 75.4 Å². The molecule has 0 aliphatic heterocycles. The van der Waals surface area contributed by atoms with E-state index in [2.05, 4.69) is 23.5 Å². The van der Waals surface area contributed by atoms with Crippen LogP contribution in [0.2, 0.25) is 0 Å². The fraction of sp³-hybridized carbons (Fsp3) is 0.600. The van der Waals surface area contributed by atoms with Gasteiger partial charge in [0.25, 0.3) is 0 Å². The summed E-state index contributed by atoms with van der Waals surface area (Å²) in [6.45, 7) is 5.86. The largest absolute Gasteiger partial charge is 0.326 e. The van der Waals surface area contributed by atoms with Crippen LogP contribution in [0.1, 0.15) is 31.4 Å². The van der Waals surface area contributed by atoms with Crippen molar-refractivity contribution in [1.29, 1.82) is 0 Å². The first kappa shape index (κ1) is 18.1. The van der Waals surface area contributed by atoms with Gasteiger partial charge >= 0.3 is 0 Å². The molecule has 0 saturated heterocycles. The molecule has 1 atom stereocenters. The average molecular weight is 313 g/mol. The molecule has 1 aromatic carbocycles. The molecule has 0 saturated carbocycles. The second-order valence-electron chi connectivity index (χ2n) is 5.41. The Bertz CT molecular complexity index is 514. The third kappa shape index (κ3) is 6.56. The molecule has 21 heavy (non-hydrogen) atoms. The Balaban J connectivity index is 2.46. The van der Waals surface area contributed by atoms with Crippen LogP contribution in [-0.4, -0.2) is 39.5 Å². The maximum Gasteiger partial charge on any atom is 0.215 e. The third-order valence-corrected chi connectivity index (χ3v) is 5.10. The van der Waals surface area contributed by atoms with Gasteiger partial charge in [0.2, 0.25) is 10.0 Å². The van der Waals surface area contributed by atoms with Crippen LogP contribution < -0.4 is 10.5 Å². The molecule has 6 heteroatoms. The van der Waals surface area contributed by atoms with Gasteiger partial charge in [0.1, 0.15) is 0 Å². The van der Waals surface area contributed by atoms with Gasteiger partial charge in [-0.05, 0) is 31.5 Å². The molecule has 0 bridgehead atoms. The highest BCUT2D eigenvalue weighted by molar-refractivity contribution is 7.88. The predicted molar refractivity (Wildman–Crippen MR) is 87.3 cm³/mol. The number of likely N-dealkylation sites (N-methyl/N-ethyl adjacent to an activating group) is 1. The molecule has 1 rings (SSSR count). The fourth-order valence-corrected chi connectivity index (χ4v) is 3.09. The zero-order valence-corrected chi connectivity index (χ0v) is 14.0. The maximum absolute atomic E-state index is 12.0. The van der Waals surface area contributed by atoms with Gasteiger partial charge in [0.05, 0.1) is 5.75 Å². The van der Waals surface area contributed by atoms with Crippen LogP contribution in [0, 0.1) is 0 Å². The van der Waals surface area contributed by atoms with Crippen molar-refractivity contribution in [3.8, 4) is 0 Å². The molecule has 0 aliphatic carbocycles. The van der Waals surface area contributed by atoms with Gasteiger partial charge in [-0.1, -0.05) is 31.2 Å². The van der Waals surface area contributed by atoms with Gasteiger partial charge in [0.15, 0.2) is 0 Å². The molecular formula is C15H27N3O2S. The summed E-state index contributed by atoms with van der Waals surface area (Å²) < 4.78 is 26.7. The van der Waals surface area contributed by atoms with Crippen molar-refractivity contribution < 1.29 is 8.42 Å². The molecule has 120 valence electrons. The van der Waals surface area contributed by atoms with Crippen LogP contribution in [0.25, 0.3) is 0 Å². The first-order valence-corrected chi connectivity index (χ1v) is 8.98. The van der Waals surface area contributed by atoms with Gasteiger partial charge in [-0.15, -0.1) is 0 Å². The van der Waals surface area contributed by atoms with Crippen LogP contribution in [0.3, 0.4) is 0 Å². The zero-order valence-electron chi connectivity index (χ0n) is 13.2. The number of nitrogens with one attached hydrogen (secondary N) is 1. The summed E-state index contributed by atoms with van der Waals surface area (Å²) >= 11 is 0. The summed E-state index contributed by atoms with van der Waals surface area (Å²) in [5.74, 6) is 0.00486. The summed E-state index contributed by atoms with van der Waals surface area (Å²) in [6, 6.07) is 7.81. The van der Waals surface area contributed by atoms with E-state index in [1.807, 2.05) is 31.3 Å². The van der Waals surface area contributed by atoms with Gasteiger partial charge in [-0.2, -0.15) is 0 Å². The number of benzene rings is 1. The Kier molecular flexibility index (Phi) is 7.31. The summed E-state index contributed by atoms with van der Waals surface area (Å²) in [5, 5.41) is 0. The lowest BCUT2D eigenvalue weighted by atomic mass is 10.1. The van der Waals surface area contributed by atoms with Crippen LogP contribution in [0.5, 0.6) is 0 Å². The lowest BCUT2D eigenvalue weighted by molar-refractivity contribution is 0.256. The van der Waals surface area contributed by atoms with Crippen molar-refractivity contribution in [2.24, 2.45) is 5.73 Å². The molecule has 1 aromatic rings. The van der Waals surface area contributed by atoms with E-state index < -0.39 is 10.0 Å². The molecule has 3 N–H and O–H groups in total. The third-order valence-electron chi connectivity index (χ3n) is 3.75. The number of sulfonamides is 1. The highest BCUT2D eigenvalue weighted by Crippen LogP contribution is 2.07. The van der Waals surface area contributed by atoms with E-state index in [1.54, 1.807) is 0 Å². The van der Waals surface area contributed by atoms with Crippen molar-refractivity contribution >= 4 is 10.0 Å². The molecular weight excluding hydrogens is 286 g/mol. The summed E-state index contributed by atoms with van der Waals surface area (Å²) in [7, 11) is -1.28. The van der Waals surface area contributed by atoms with E-state index >= 15 is 0 Å². The number of nitrogens with two attached hydrogens (primary N) is 1. The molecule has 0 amide bonds. The smallest absolute Gasteiger partial charge is 0.215 e. The van der Waals surface area contributed by atoms with Gasteiger partial charge < -0.3 is 10.6 Å². The van der Waals surface area contributed by atoms with E-state index in [4.69, 9.17) is 5.73 Å². The van der Waals surface area contributed by atoms with Gasteiger partial charge in [-0.25, -0.2) is 13.1 Å². The molecule has 0 fully saturated rings. The van der Waals surface area contributed by atoms with Crippen molar-refractivity contribution in [2.75, 3.05) is 20.1 Å². The minimum absolute atomic E-state index is 0.00486. The maximum atomic E-state index is 12.0. The van der Waals surface area contributed by atoms with Crippen molar-refractivity contribution in [2.45, 2.75) is 38.6 Å². The minimum atomic E-state index is -3.29. The number of hydrogen-bond donors (Lipinski definition) is 2. The monoisotopic (exact) mass is 313 g/mol. The van der Waals surface area contributed by atoms with Crippen molar-refractivity contribution in [1.82, 2.24) is 9.62 Å². The Morgan fingerprint density at radius 3 is 2.33 bits per heavy atom. The summed E-state index contributed by atoms with van der Waals surface area (Å²) in [4.78, 5) is 2.15. The molecule has 5 nitrogen and oxygen atoms in total. The predicted octanol–water partition coefficient (Wildman–Crippen LogP) is 1.30. The Morgan fingerprint density at radius 2 is 1.81 bits per heavy atom. The highest BCUT2D eigenvalue weighted by atomic mass is 32.2. The van der Waals surface area contributed by atoms with E-state index in [0.717, 1.165) is 17.5 Å². The molecule has 0 radical (unpaired) electrons. The number of rotatable bonds is 9. The van der Waals surface area contributed by atoms with Gasteiger partial charge in [-0.3, -0.25) is 0 Å².